The number of carbonyl (C=O) groups excluding carboxylic acids is 1. The van der Waals surface area contributed by atoms with Gasteiger partial charge < -0.3 is 0 Å². The minimum Gasteiger partial charge on any atom is -0.299 e. The Labute approximate surface area is 166 Å². The first-order valence-electron chi connectivity index (χ1n) is 7.54. The van der Waals surface area contributed by atoms with Crippen LogP contribution < -0.4 is 0 Å². The molecule has 0 amide bonds. The van der Waals surface area contributed by atoms with Crippen LogP contribution in [0, 0.1) is 0 Å². The van der Waals surface area contributed by atoms with Gasteiger partial charge in [0, 0.05) is 19.3 Å². The van der Waals surface area contributed by atoms with Gasteiger partial charge in [-0.05, 0) is 0 Å². The second-order valence-electron chi connectivity index (χ2n) is 6.18. The van der Waals surface area contributed by atoms with Gasteiger partial charge in [-0.25, -0.2) is 0 Å². The summed E-state index contributed by atoms with van der Waals surface area (Å²) in [5, 5.41) is 0. The Balaban J connectivity index is 6.47. The minimum absolute atomic E-state index is 0.685. The van der Waals surface area contributed by atoms with Crippen LogP contribution in [0.4, 0.5) is 74.6 Å². The molecule has 0 spiro atoms. The lowest BCUT2D eigenvalue weighted by Crippen LogP contribution is -2.74. The summed E-state index contributed by atoms with van der Waals surface area (Å²) in [6.45, 7) is 2.88. The van der Waals surface area contributed by atoms with Crippen LogP contribution in [0.5, 0.6) is 0 Å². The van der Waals surface area contributed by atoms with E-state index in [4.69, 9.17) is 0 Å². The molecule has 0 saturated carbocycles. The monoisotopic (exact) mass is 516 g/mol. The Bertz CT molecular complexity index is 703. The molecule has 0 fully saturated rings. The molecular weight excluding hydrogens is 507 g/mol. The van der Waals surface area contributed by atoms with Crippen molar-refractivity contribution in [2.24, 2.45) is 0 Å². The van der Waals surface area contributed by atoms with Crippen LogP contribution in [0.25, 0.3) is 0 Å². The number of halogens is 17. The molecule has 0 saturated heterocycles. The molecule has 18 heteroatoms. The van der Waals surface area contributed by atoms with Gasteiger partial charge in [-0.2, -0.15) is 74.6 Å². The average Bonchev–Trinajstić information content (AvgIpc) is 2.58. The van der Waals surface area contributed by atoms with Crippen molar-refractivity contribution >= 4 is 5.78 Å². The number of hydrogen-bond donors (Lipinski definition) is 0. The smallest absolute Gasteiger partial charge is 0.299 e. The molecule has 0 bridgehead atoms. The maximum absolute atomic E-state index is 13.5. The van der Waals surface area contributed by atoms with Gasteiger partial charge >= 0.3 is 47.6 Å². The van der Waals surface area contributed by atoms with E-state index in [1.165, 1.54) is 0 Å². The van der Waals surface area contributed by atoms with Crippen LogP contribution in [-0.2, 0) is 4.79 Å². The summed E-state index contributed by atoms with van der Waals surface area (Å²) < 4.78 is 221. The first-order chi connectivity index (χ1) is 13.7. The fourth-order valence-corrected chi connectivity index (χ4v) is 1.91. The van der Waals surface area contributed by atoms with Gasteiger partial charge in [0.25, 0.3) is 0 Å². The molecule has 0 unspecified atom stereocenters. The van der Waals surface area contributed by atoms with Crippen molar-refractivity contribution in [3.63, 3.8) is 0 Å². The standard InChI is InChI=1S/C14H9F17O/c1-2-3-6(32)4-5-7(15,16)8(17,18)9(19,20)10(21,22)11(23,24)12(25,26)13(27,28)14(29,30)31/h2H,1,3-5H2. The number of Topliss-reactive ketones (excluding diaryl/α,β-unsaturated/α-hetero) is 1. The van der Waals surface area contributed by atoms with Gasteiger partial charge in [0.1, 0.15) is 5.78 Å². The summed E-state index contributed by atoms with van der Waals surface area (Å²) in [4.78, 5) is 11.0. The highest BCUT2D eigenvalue weighted by atomic mass is 19.4. The molecule has 0 N–H and O–H groups in total. The molecule has 0 heterocycles. The number of ketones is 1. The Morgan fingerprint density at radius 1 is 0.562 bits per heavy atom. The van der Waals surface area contributed by atoms with Gasteiger partial charge in [-0.15, -0.1) is 6.58 Å². The van der Waals surface area contributed by atoms with Crippen molar-refractivity contribution < 1.29 is 79.4 Å². The molecule has 0 rings (SSSR count). The van der Waals surface area contributed by atoms with Crippen LogP contribution in [0.2, 0.25) is 0 Å². The largest absolute Gasteiger partial charge is 0.460 e. The van der Waals surface area contributed by atoms with Gasteiger partial charge in [0.05, 0.1) is 0 Å². The maximum atomic E-state index is 13.5. The summed E-state index contributed by atoms with van der Waals surface area (Å²) in [5.74, 6) is -58.0. The Morgan fingerprint density at radius 3 is 1.19 bits per heavy atom. The van der Waals surface area contributed by atoms with Crippen LogP contribution in [0.1, 0.15) is 19.3 Å². The van der Waals surface area contributed by atoms with Crippen LogP contribution >= 0.6 is 0 Å². The number of alkyl halides is 17. The lowest BCUT2D eigenvalue weighted by atomic mass is 9.87. The number of carbonyl (C=O) groups is 1. The molecule has 0 aliphatic heterocycles. The third-order valence-corrected chi connectivity index (χ3v) is 3.88. The predicted molar refractivity (Wildman–Crippen MR) is 69.7 cm³/mol. The van der Waals surface area contributed by atoms with E-state index in [1.807, 2.05) is 0 Å². The first kappa shape index (κ1) is 30.2. The highest BCUT2D eigenvalue weighted by Crippen LogP contribution is 2.64. The lowest BCUT2D eigenvalue weighted by Gasteiger charge is -2.42. The minimum atomic E-state index is -8.65. The van der Waals surface area contributed by atoms with E-state index < -0.39 is 72.7 Å². The third kappa shape index (κ3) is 4.24. The Hall–Kier alpha value is -1.78. The van der Waals surface area contributed by atoms with Crippen molar-refractivity contribution in [1.82, 2.24) is 0 Å². The van der Waals surface area contributed by atoms with Gasteiger partial charge in [-0.1, -0.05) is 6.08 Å². The zero-order valence-corrected chi connectivity index (χ0v) is 14.7. The van der Waals surface area contributed by atoms with Crippen LogP contribution in [-0.4, -0.2) is 53.4 Å². The molecular formula is C14H9F17O. The zero-order valence-electron chi connectivity index (χ0n) is 14.7. The molecule has 0 aromatic rings. The molecule has 0 aromatic carbocycles. The van der Waals surface area contributed by atoms with Gasteiger partial charge in [0.15, 0.2) is 0 Å². The summed E-state index contributed by atoms with van der Waals surface area (Å²) in [6, 6.07) is 0. The van der Waals surface area contributed by atoms with Crippen molar-refractivity contribution in [3.8, 4) is 0 Å². The predicted octanol–water partition coefficient (Wildman–Crippen LogP) is 6.92. The van der Waals surface area contributed by atoms with Gasteiger partial charge in [-0.3, -0.25) is 4.79 Å². The zero-order chi connectivity index (χ0) is 26.4. The SMILES string of the molecule is C=CCC(=O)CCC(F)(F)C(F)(F)C(F)(F)C(F)(F)C(F)(F)C(F)(F)C(F)(F)C(F)(F)F. The topological polar surface area (TPSA) is 17.1 Å². The van der Waals surface area contributed by atoms with E-state index in [1.54, 1.807) is 0 Å². The van der Waals surface area contributed by atoms with E-state index in [0.29, 0.717) is 6.08 Å². The average molecular weight is 516 g/mol. The molecule has 0 atom stereocenters. The molecule has 0 aromatic heterocycles. The normalized spacial score (nSPS) is 15.7. The maximum Gasteiger partial charge on any atom is 0.460 e. The van der Waals surface area contributed by atoms with E-state index >= 15 is 0 Å². The van der Waals surface area contributed by atoms with Crippen LogP contribution in [0.15, 0.2) is 12.7 Å². The first-order valence-corrected chi connectivity index (χ1v) is 7.54. The molecule has 0 aliphatic rings. The highest BCUT2D eigenvalue weighted by Gasteiger charge is 2.95. The second kappa shape index (κ2) is 8.22. The number of rotatable bonds is 11. The molecule has 190 valence electrons. The van der Waals surface area contributed by atoms with Gasteiger partial charge in [0.2, 0.25) is 0 Å². The van der Waals surface area contributed by atoms with E-state index in [0.717, 1.165) is 0 Å². The van der Waals surface area contributed by atoms with Crippen molar-refractivity contribution in [2.75, 3.05) is 0 Å². The van der Waals surface area contributed by atoms with Crippen molar-refractivity contribution in [1.29, 1.82) is 0 Å². The fraction of sp³-hybridized carbons (Fsp3) is 0.786. The fourth-order valence-electron chi connectivity index (χ4n) is 1.91. The van der Waals surface area contributed by atoms with Crippen molar-refractivity contribution in [3.05, 3.63) is 12.7 Å². The number of hydrogen-bond acceptors (Lipinski definition) is 1. The second-order valence-corrected chi connectivity index (χ2v) is 6.18. The van der Waals surface area contributed by atoms with E-state index in [-0.39, 0.29) is 0 Å². The lowest BCUT2D eigenvalue weighted by molar-refractivity contribution is -0.461. The van der Waals surface area contributed by atoms with Crippen molar-refractivity contribution in [2.45, 2.75) is 66.9 Å². The summed E-state index contributed by atoms with van der Waals surface area (Å²) in [5.41, 5.74) is 0. The molecule has 32 heavy (non-hydrogen) atoms. The Kier molecular flexibility index (Phi) is 7.76. The molecule has 0 aliphatic carbocycles. The third-order valence-electron chi connectivity index (χ3n) is 3.88. The van der Waals surface area contributed by atoms with E-state index in [2.05, 4.69) is 6.58 Å². The summed E-state index contributed by atoms with van der Waals surface area (Å²) in [7, 11) is 0. The van der Waals surface area contributed by atoms with Crippen LogP contribution in [0.3, 0.4) is 0 Å². The number of allylic oxidation sites excluding steroid dienone is 1. The summed E-state index contributed by atoms with van der Waals surface area (Å²) in [6.07, 6.45) is -12.5. The molecule has 0 radical (unpaired) electrons. The summed E-state index contributed by atoms with van der Waals surface area (Å²) >= 11 is 0. The van der Waals surface area contributed by atoms with E-state index in [9.17, 15) is 79.4 Å². The highest BCUT2D eigenvalue weighted by molar-refractivity contribution is 5.79. The Morgan fingerprint density at radius 2 is 0.875 bits per heavy atom. The quantitative estimate of drug-likeness (QED) is 0.215. The molecule has 1 nitrogen and oxygen atoms in total.